The highest BCUT2D eigenvalue weighted by atomic mass is 35.5. The van der Waals surface area contributed by atoms with Crippen LogP contribution in [0.4, 0.5) is 0 Å². The van der Waals surface area contributed by atoms with Gasteiger partial charge in [-0.1, -0.05) is 29.8 Å². The normalized spacial score (nSPS) is 16.4. The fourth-order valence-electron chi connectivity index (χ4n) is 4.12. The van der Waals surface area contributed by atoms with Crippen LogP contribution < -0.4 is 0 Å². The van der Waals surface area contributed by atoms with Crippen molar-refractivity contribution >= 4 is 39.7 Å². The van der Waals surface area contributed by atoms with E-state index >= 15 is 0 Å². The van der Waals surface area contributed by atoms with Crippen LogP contribution in [-0.4, -0.2) is 69.1 Å². The molecule has 0 spiro atoms. The molecule has 5 rings (SSSR count). The number of thiazole rings is 1. The molecule has 0 unspecified atom stereocenters. The second kappa shape index (κ2) is 8.27. The lowest BCUT2D eigenvalue weighted by molar-refractivity contribution is 0.0779. The highest BCUT2D eigenvalue weighted by Gasteiger charge is 2.32. The van der Waals surface area contributed by atoms with Crippen LogP contribution >= 0.6 is 22.9 Å². The molecule has 0 aliphatic carbocycles. The first-order valence-corrected chi connectivity index (χ1v) is 11.6. The summed E-state index contributed by atoms with van der Waals surface area (Å²) >= 11 is 7.47. The van der Waals surface area contributed by atoms with Crippen molar-refractivity contribution < 1.29 is 4.79 Å². The van der Waals surface area contributed by atoms with Gasteiger partial charge in [-0.25, -0.2) is 9.97 Å². The number of aromatic amines is 1. The van der Waals surface area contributed by atoms with Crippen LogP contribution in [0.2, 0.25) is 5.15 Å². The Labute approximate surface area is 195 Å². The summed E-state index contributed by atoms with van der Waals surface area (Å²) in [4.78, 5) is 27.5. The molecule has 1 aromatic carbocycles. The van der Waals surface area contributed by atoms with E-state index in [1.807, 2.05) is 36.1 Å². The van der Waals surface area contributed by atoms with Crippen molar-refractivity contribution in [3.63, 3.8) is 0 Å². The predicted octanol–water partition coefficient (Wildman–Crippen LogP) is 4.49. The minimum absolute atomic E-state index is 0.0539. The minimum atomic E-state index is -0.0539. The number of amides is 1. The molecule has 0 bridgehead atoms. The van der Waals surface area contributed by atoms with Gasteiger partial charge in [-0.2, -0.15) is 5.10 Å². The highest BCUT2D eigenvalue weighted by Crippen LogP contribution is 2.38. The Bertz CT molecular complexity index is 1300. The summed E-state index contributed by atoms with van der Waals surface area (Å²) in [6.45, 7) is 3.45. The van der Waals surface area contributed by atoms with Crippen molar-refractivity contribution in [2.45, 2.75) is 19.4 Å². The number of likely N-dealkylation sites (tertiary alicyclic amines) is 1. The lowest BCUT2D eigenvalue weighted by Crippen LogP contribution is -2.34. The van der Waals surface area contributed by atoms with Gasteiger partial charge in [0.25, 0.3) is 5.91 Å². The fourth-order valence-corrected chi connectivity index (χ4v) is 5.29. The first-order valence-electron chi connectivity index (χ1n) is 10.4. The summed E-state index contributed by atoms with van der Waals surface area (Å²) in [5.41, 5.74) is 4.10. The summed E-state index contributed by atoms with van der Waals surface area (Å²) < 4.78 is 0. The van der Waals surface area contributed by atoms with E-state index in [1.165, 1.54) is 11.3 Å². The van der Waals surface area contributed by atoms with Gasteiger partial charge in [-0.15, -0.1) is 11.3 Å². The number of hydrogen-bond acceptors (Lipinski definition) is 6. The third-order valence-electron chi connectivity index (χ3n) is 6.00. The van der Waals surface area contributed by atoms with Crippen molar-refractivity contribution in [3.8, 4) is 21.1 Å². The standard InChI is InChI=1S/C23H23ClN6OS/c1-13-5-4-6-16-18(13)27-28-19(16)22-26-20(21(32-22)14-7-8-17(24)25-11-14)23(31)30-10-9-15(12-30)29(2)3/h4-8,11,15H,9-10,12H2,1-3H3,(H,27,28)/t15-/m1/s1. The minimum Gasteiger partial charge on any atom is -0.336 e. The number of H-pyrrole nitrogens is 1. The number of likely N-dealkylation sites (N-methyl/N-ethyl adjacent to an activating group) is 1. The third kappa shape index (κ3) is 3.68. The zero-order valence-electron chi connectivity index (χ0n) is 18.1. The fraction of sp³-hybridized carbons (Fsp3) is 0.304. The number of pyridine rings is 1. The molecule has 9 heteroatoms. The molecule has 7 nitrogen and oxygen atoms in total. The summed E-state index contributed by atoms with van der Waals surface area (Å²) in [5, 5.41) is 9.75. The molecule has 1 saturated heterocycles. The van der Waals surface area contributed by atoms with Crippen LogP contribution in [0.15, 0.2) is 36.5 Å². The molecule has 1 aliphatic rings. The Hall–Kier alpha value is -2.81. The lowest BCUT2D eigenvalue weighted by Gasteiger charge is -2.20. The van der Waals surface area contributed by atoms with E-state index in [0.717, 1.165) is 50.6 Å². The number of fused-ring (bicyclic) bond motifs is 1. The molecule has 32 heavy (non-hydrogen) atoms. The van der Waals surface area contributed by atoms with E-state index in [9.17, 15) is 4.79 Å². The number of para-hydroxylation sites is 1. The summed E-state index contributed by atoms with van der Waals surface area (Å²) in [5.74, 6) is -0.0539. The van der Waals surface area contributed by atoms with Crippen molar-refractivity contribution in [2.75, 3.05) is 27.2 Å². The largest absolute Gasteiger partial charge is 0.336 e. The van der Waals surface area contributed by atoms with Gasteiger partial charge in [-0.05, 0) is 45.1 Å². The second-order valence-electron chi connectivity index (χ2n) is 8.29. The first-order chi connectivity index (χ1) is 15.4. The second-order valence-corrected chi connectivity index (χ2v) is 9.68. The number of carbonyl (C=O) groups is 1. The molecule has 3 aromatic heterocycles. The van der Waals surface area contributed by atoms with Crippen molar-refractivity contribution in [1.82, 2.24) is 30.0 Å². The van der Waals surface area contributed by atoms with Crippen LogP contribution in [0.25, 0.3) is 32.0 Å². The number of aryl methyl sites for hydroxylation is 1. The number of carbonyl (C=O) groups excluding carboxylic acids is 1. The molecule has 1 amide bonds. The SMILES string of the molecule is Cc1cccc2c(-c3nc(C(=O)N4CC[C@@H](N(C)C)C4)c(-c4ccc(Cl)nc4)s3)[nH]nc12. The number of aromatic nitrogens is 4. The van der Waals surface area contributed by atoms with Gasteiger partial charge in [0, 0.05) is 36.3 Å². The average Bonchev–Trinajstić information content (AvgIpc) is 3.52. The molecular formula is C23H23ClN6OS. The maximum atomic E-state index is 13.6. The molecule has 164 valence electrons. The topological polar surface area (TPSA) is 78.0 Å². The first kappa shape index (κ1) is 21.1. The van der Waals surface area contributed by atoms with Crippen LogP contribution in [0, 0.1) is 6.92 Å². The average molecular weight is 467 g/mol. The Morgan fingerprint density at radius 3 is 2.84 bits per heavy atom. The number of halogens is 1. The molecule has 1 atom stereocenters. The van der Waals surface area contributed by atoms with Crippen LogP contribution in [0.5, 0.6) is 0 Å². The van der Waals surface area contributed by atoms with E-state index in [4.69, 9.17) is 16.6 Å². The molecule has 4 heterocycles. The van der Waals surface area contributed by atoms with Gasteiger partial charge < -0.3 is 9.80 Å². The summed E-state index contributed by atoms with van der Waals surface area (Å²) in [6.07, 6.45) is 2.65. The van der Waals surface area contributed by atoms with Gasteiger partial charge in [0.1, 0.15) is 21.5 Å². The van der Waals surface area contributed by atoms with Gasteiger partial charge in [0.2, 0.25) is 0 Å². The van der Waals surface area contributed by atoms with Crippen LogP contribution in [0.1, 0.15) is 22.5 Å². The zero-order valence-corrected chi connectivity index (χ0v) is 19.7. The number of benzene rings is 1. The van der Waals surface area contributed by atoms with E-state index in [-0.39, 0.29) is 5.91 Å². The quantitative estimate of drug-likeness (QED) is 0.448. The smallest absolute Gasteiger partial charge is 0.274 e. The Balaban J connectivity index is 1.60. The van der Waals surface area contributed by atoms with E-state index in [0.29, 0.717) is 23.4 Å². The molecule has 1 fully saturated rings. The Morgan fingerprint density at radius 1 is 1.28 bits per heavy atom. The van der Waals surface area contributed by atoms with Crippen molar-refractivity contribution in [2.24, 2.45) is 0 Å². The predicted molar refractivity (Wildman–Crippen MR) is 128 cm³/mol. The maximum Gasteiger partial charge on any atom is 0.274 e. The van der Waals surface area contributed by atoms with E-state index < -0.39 is 0 Å². The van der Waals surface area contributed by atoms with E-state index in [1.54, 1.807) is 12.3 Å². The monoisotopic (exact) mass is 466 g/mol. The van der Waals surface area contributed by atoms with Gasteiger partial charge in [0.05, 0.1) is 10.4 Å². The highest BCUT2D eigenvalue weighted by molar-refractivity contribution is 7.18. The van der Waals surface area contributed by atoms with Gasteiger partial charge in [0.15, 0.2) is 0 Å². The molecular weight excluding hydrogens is 444 g/mol. The van der Waals surface area contributed by atoms with Gasteiger partial charge in [-0.3, -0.25) is 9.89 Å². The Morgan fingerprint density at radius 2 is 2.12 bits per heavy atom. The number of nitrogens with one attached hydrogen (secondary N) is 1. The van der Waals surface area contributed by atoms with Crippen molar-refractivity contribution in [1.29, 1.82) is 0 Å². The molecule has 0 saturated carbocycles. The van der Waals surface area contributed by atoms with Crippen LogP contribution in [0.3, 0.4) is 0 Å². The number of hydrogen-bond donors (Lipinski definition) is 1. The molecule has 4 aromatic rings. The summed E-state index contributed by atoms with van der Waals surface area (Å²) in [6, 6.07) is 10.0. The molecule has 0 radical (unpaired) electrons. The summed E-state index contributed by atoms with van der Waals surface area (Å²) in [7, 11) is 4.10. The van der Waals surface area contributed by atoms with Crippen LogP contribution in [-0.2, 0) is 0 Å². The van der Waals surface area contributed by atoms with E-state index in [2.05, 4.69) is 34.2 Å². The zero-order chi connectivity index (χ0) is 22.4. The number of rotatable bonds is 4. The molecule has 1 aliphatic heterocycles. The maximum absolute atomic E-state index is 13.6. The third-order valence-corrected chi connectivity index (χ3v) is 7.35. The Kier molecular flexibility index (Phi) is 5.44. The lowest BCUT2D eigenvalue weighted by atomic mass is 10.1. The van der Waals surface area contributed by atoms with Gasteiger partial charge >= 0.3 is 0 Å². The molecule has 1 N–H and O–H groups in total. The van der Waals surface area contributed by atoms with Crippen molar-refractivity contribution in [3.05, 3.63) is 52.9 Å². The number of nitrogens with zero attached hydrogens (tertiary/aromatic N) is 5.